The van der Waals surface area contributed by atoms with E-state index in [9.17, 15) is 8.42 Å². The fraction of sp³-hybridized carbons (Fsp3) is 0.600. The molecule has 1 aromatic rings. The number of nitrogen functional groups attached to an aromatic ring is 1. The summed E-state index contributed by atoms with van der Waals surface area (Å²) in [6.45, 7) is 7.95. The third-order valence-electron chi connectivity index (χ3n) is 4.16. The van der Waals surface area contributed by atoms with Crippen molar-refractivity contribution in [2.24, 2.45) is 5.92 Å². The molecule has 0 bridgehead atoms. The molecule has 0 aromatic heterocycles. The zero-order chi connectivity index (χ0) is 15.6. The van der Waals surface area contributed by atoms with Crippen molar-refractivity contribution in [3.05, 3.63) is 23.3 Å². The van der Waals surface area contributed by atoms with Gasteiger partial charge in [-0.2, -0.15) is 4.31 Å². The van der Waals surface area contributed by atoms with Crippen molar-refractivity contribution in [1.82, 2.24) is 4.31 Å². The number of rotatable bonds is 5. The lowest BCUT2D eigenvalue weighted by atomic mass is 10.1. The molecule has 1 atom stereocenters. The van der Waals surface area contributed by atoms with E-state index in [1.54, 1.807) is 12.1 Å². The highest BCUT2D eigenvalue weighted by Gasteiger charge is 2.28. The molecule has 1 saturated heterocycles. The summed E-state index contributed by atoms with van der Waals surface area (Å²) in [7, 11) is -3.50. The van der Waals surface area contributed by atoms with Gasteiger partial charge in [0.05, 0.1) is 11.5 Å². The topological polar surface area (TPSA) is 72.6 Å². The van der Waals surface area contributed by atoms with E-state index in [1.807, 2.05) is 20.8 Å². The molecule has 0 amide bonds. The molecule has 1 aliphatic rings. The molecule has 1 unspecified atom stereocenters. The van der Waals surface area contributed by atoms with Crippen molar-refractivity contribution in [3.8, 4) is 0 Å². The summed E-state index contributed by atoms with van der Waals surface area (Å²) < 4.78 is 32.4. The smallest absolute Gasteiger partial charge is 0.243 e. The Morgan fingerprint density at radius 1 is 1.38 bits per heavy atom. The number of hydrogen-bond donors (Lipinski definition) is 1. The van der Waals surface area contributed by atoms with Crippen molar-refractivity contribution in [2.75, 3.05) is 32.0 Å². The van der Waals surface area contributed by atoms with Crippen molar-refractivity contribution in [2.45, 2.75) is 32.1 Å². The number of hydrogen-bond acceptors (Lipinski definition) is 4. The Morgan fingerprint density at radius 2 is 2.10 bits per heavy atom. The van der Waals surface area contributed by atoms with Gasteiger partial charge in [0.25, 0.3) is 0 Å². The summed E-state index contributed by atoms with van der Waals surface area (Å²) in [4.78, 5) is 0.281. The first kappa shape index (κ1) is 16.3. The molecule has 21 heavy (non-hydrogen) atoms. The number of sulfonamides is 1. The molecule has 0 radical (unpaired) electrons. The van der Waals surface area contributed by atoms with Crippen molar-refractivity contribution >= 4 is 15.7 Å². The van der Waals surface area contributed by atoms with Gasteiger partial charge < -0.3 is 10.5 Å². The maximum atomic E-state index is 12.8. The Morgan fingerprint density at radius 3 is 2.62 bits per heavy atom. The number of benzene rings is 1. The first-order valence-electron chi connectivity index (χ1n) is 7.31. The van der Waals surface area contributed by atoms with Crippen LogP contribution in [0.3, 0.4) is 0 Å². The molecular weight excluding hydrogens is 288 g/mol. The van der Waals surface area contributed by atoms with Gasteiger partial charge in [-0.05, 0) is 49.4 Å². The molecule has 6 heteroatoms. The number of anilines is 1. The van der Waals surface area contributed by atoms with Gasteiger partial charge in [0.1, 0.15) is 0 Å². The molecule has 0 aliphatic carbocycles. The fourth-order valence-electron chi connectivity index (χ4n) is 2.56. The van der Waals surface area contributed by atoms with Crippen LogP contribution in [0.4, 0.5) is 5.69 Å². The second-order valence-electron chi connectivity index (χ2n) is 5.64. The zero-order valence-corrected chi connectivity index (χ0v) is 13.7. The van der Waals surface area contributed by atoms with E-state index in [0.717, 1.165) is 24.2 Å². The maximum absolute atomic E-state index is 12.8. The number of aryl methyl sites for hydroxylation is 1. The third kappa shape index (κ3) is 3.39. The minimum atomic E-state index is -3.50. The molecule has 1 aliphatic heterocycles. The highest BCUT2D eigenvalue weighted by molar-refractivity contribution is 7.89. The van der Waals surface area contributed by atoms with Gasteiger partial charge in [-0.25, -0.2) is 8.42 Å². The Bertz CT molecular complexity index is 584. The van der Waals surface area contributed by atoms with Crippen LogP contribution in [0.2, 0.25) is 0 Å². The van der Waals surface area contributed by atoms with E-state index in [2.05, 4.69) is 0 Å². The monoisotopic (exact) mass is 312 g/mol. The van der Waals surface area contributed by atoms with Crippen LogP contribution in [0, 0.1) is 19.8 Å². The van der Waals surface area contributed by atoms with Crippen molar-refractivity contribution in [1.29, 1.82) is 0 Å². The van der Waals surface area contributed by atoms with E-state index < -0.39 is 10.0 Å². The van der Waals surface area contributed by atoms with Gasteiger partial charge in [-0.1, -0.05) is 6.92 Å². The number of nitrogens with two attached hydrogens (primary N) is 1. The lowest BCUT2D eigenvalue weighted by Crippen LogP contribution is -2.35. The van der Waals surface area contributed by atoms with Gasteiger partial charge in [0, 0.05) is 25.4 Å². The molecule has 2 N–H and O–H groups in total. The Balaban J connectivity index is 2.30. The predicted octanol–water partition coefficient (Wildman–Crippen LogP) is 1.93. The number of nitrogens with zero attached hydrogens (tertiary/aromatic N) is 1. The van der Waals surface area contributed by atoms with Crippen LogP contribution in [0.5, 0.6) is 0 Å². The number of ether oxygens (including phenoxy) is 1. The Labute approximate surface area is 127 Å². The summed E-state index contributed by atoms with van der Waals surface area (Å²) in [5, 5.41) is 0. The lowest BCUT2D eigenvalue weighted by molar-refractivity contribution is 0.181. The van der Waals surface area contributed by atoms with Gasteiger partial charge in [0.15, 0.2) is 0 Å². The second-order valence-corrected chi connectivity index (χ2v) is 7.58. The molecule has 1 fully saturated rings. The second kappa shape index (κ2) is 6.34. The molecule has 118 valence electrons. The van der Waals surface area contributed by atoms with Crippen molar-refractivity contribution in [3.63, 3.8) is 0 Å². The lowest BCUT2D eigenvalue weighted by Gasteiger charge is -2.23. The van der Waals surface area contributed by atoms with Gasteiger partial charge in [-0.15, -0.1) is 0 Å². The van der Waals surface area contributed by atoms with Crippen LogP contribution in [0.25, 0.3) is 0 Å². The average molecular weight is 312 g/mol. The van der Waals surface area contributed by atoms with Crippen molar-refractivity contribution < 1.29 is 13.2 Å². The SMILES string of the molecule is CCN(CC1CCOC1)S(=O)(=O)c1cc(C)c(C)c(N)c1. The van der Waals surface area contributed by atoms with E-state index >= 15 is 0 Å². The molecule has 0 saturated carbocycles. The van der Waals surface area contributed by atoms with E-state index in [-0.39, 0.29) is 10.8 Å². The summed E-state index contributed by atoms with van der Waals surface area (Å²) in [6.07, 6.45) is 0.918. The highest BCUT2D eigenvalue weighted by Crippen LogP contribution is 2.25. The fourth-order valence-corrected chi connectivity index (χ4v) is 4.21. The summed E-state index contributed by atoms with van der Waals surface area (Å²) in [5.74, 6) is 0.281. The molecule has 5 nitrogen and oxygen atoms in total. The van der Waals surface area contributed by atoms with Gasteiger partial charge in [0.2, 0.25) is 10.0 Å². The largest absolute Gasteiger partial charge is 0.398 e. The minimum absolute atomic E-state index is 0.281. The van der Waals surface area contributed by atoms with Crippen LogP contribution in [-0.4, -0.2) is 39.0 Å². The summed E-state index contributed by atoms with van der Waals surface area (Å²) in [5.41, 5.74) is 8.27. The third-order valence-corrected chi connectivity index (χ3v) is 6.08. The zero-order valence-electron chi connectivity index (χ0n) is 12.9. The predicted molar refractivity (Wildman–Crippen MR) is 83.7 cm³/mol. The van der Waals surface area contributed by atoms with Crippen LogP contribution in [0.1, 0.15) is 24.5 Å². The van der Waals surface area contributed by atoms with E-state index in [0.29, 0.717) is 25.4 Å². The van der Waals surface area contributed by atoms with E-state index in [4.69, 9.17) is 10.5 Å². The first-order valence-corrected chi connectivity index (χ1v) is 8.75. The maximum Gasteiger partial charge on any atom is 0.243 e. The molecule has 2 rings (SSSR count). The molecule has 1 aromatic carbocycles. The van der Waals surface area contributed by atoms with Crippen LogP contribution < -0.4 is 5.73 Å². The molecular formula is C15H24N2O3S. The molecule has 0 spiro atoms. The van der Waals surface area contributed by atoms with Gasteiger partial charge in [-0.3, -0.25) is 0 Å². The van der Waals surface area contributed by atoms with Gasteiger partial charge >= 0.3 is 0 Å². The normalized spacial score (nSPS) is 19.3. The van der Waals surface area contributed by atoms with E-state index in [1.165, 1.54) is 4.31 Å². The standard InChI is InChI=1S/C15H24N2O3S/c1-4-17(9-13-5-6-20-10-13)21(18,19)14-7-11(2)12(3)15(16)8-14/h7-8,13H,4-6,9-10,16H2,1-3H3. The Kier molecular flexibility index (Phi) is 4.91. The minimum Gasteiger partial charge on any atom is -0.398 e. The van der Waals surface area contributed by atoms with Crippen LogP contribution in [-0.2, 0) is 14.8 Å². The highest BCUT2D eigenvalue weighted by atomic mass is 32.2. The summed E-state index contributed by atoms with van der Waals surface area (Å²) in [6, 6.07) is 3.26. The van der Waals surface area contributed by atoms with Crippen LogP contribution >= 0.6 is 0 Å². The quantitative estimate of drug-likeness (QED) is 0.843. The summed E-state index contributed by atoms with van der Waals surface area (Å²) >= 11 is 0. The Hall–Kier alpha value is -1.11. The van der Waals surface area contributed by atoms with Crippen LogP contribution in [0.15, 0.2) is 17.0 Å². The molecule has 1 heterocycles. The first-order chi connectivity index (χ1) is 9.86. The average Bonchev–Trinajstić information content (AvgIpc) is 2.94.